The Hall–Kier alpha value is -3.51. The quantitative estimate of drug-likeness (QED) is 0.230. The number of hydrogen-bond acceptors (Lipinski definition) is 7. The molecule has 2 aromatic rings. The van der Waals surface area contributed by atoms with Crippen molar-refractivity contribution in [3.05, 3.63) is 61.5 Å². The molecule has 0 radical (unpaired) electrons. The molecule has 9 heteroatoms. The number of non-ortho nitro benzene ring substituents is 1. The zero-order chi connectivity index (χ0) is 22.5. The Balaban J connectivity index is 1.89. The molecule has 1 aliphatic carbocycles. The molecule has 0 aliphatic heterocycles. The fraction of sp³-hybridized carbons (Fsp3) is 0.318. The fourth-order valence-electron chi connectivity index (χ4n) is 3.32. The van der Waals surface area contributed by atoms with E-state index in [-0.39, 0.29) is 17.4 Å². The lowest BCUT2D eigenvalue weighted by Crippen LogP contribution is -2.18. The lowest BCUT2D eigenvalue weighted by Gasteiger charge is -2.14. The highest BCUT2D eigenvalue weighted by Crippen LogP contribution is 2.39. The maximum absolute atomic E-state index is 12.8. The topological polar surface area (TPSA) is 122 Å². The van der Waals surface area contributed by atoms with Crippen molar-refractivity contribution in [3.8, 4) is 6.07 Å². The van der Waals surface area contributed by atoms with Crippen molar-refractivity contribution in [2.24, 2.45) is 0 Å². The molecule has 0 bridgehead atoms. The van der Waals surface area contributed by atoms with E-state index in [4.69, 9.17) is 4.74 Å². The van der Waals surface area contributed by atoms with Gasteiger partial charge in [0.25, 0.3) is 11.6 Å². The van der Waals surface area contributed by atoms with Crippen LogP contribution in [0.2, 0.25) is 0 Å². The molecular weight excluding hydrogens is 418 g/mol. The third kappa shape index (κ3) is 5.16. The van der Waals surface area contributed by atoms with Crippen LogP contribution < -0.4 is 5.32 Å². The van der Waals surface area contributed by atoms with Gasteiger partial charge in [-0.2, -0.15) is 5.26 Å². The average molecular weight is 439 g/mol. The van der Waals surface area contributed by atoms with E-state index >= 15 is 0 Å². The summed E-state index contributed by atoms with van der Waals surface area (Å²) < 4.78 is 5.38. The van der Waals surface area contributed by atoms with E-state index in [9.17, 15) is 25.0 Å². The van der Waals surface area contributed by atoms with E-state index in [1.807, 2.05) is 6.07 Å². The second kappa shape index (κ2) is 9.53. The molecule has 1 heterocycles. The van der Waals surface area contributed by atoms with Crippen molar-refractivity contribution in [2.45, 2.75) is 45.6 Å². The smallest absolute Gasteiger partial charge is 0.341 e. The number of aryl methyl sites for hydroxylation is 1. The number of hydrogen-bond donors (Lipinski definition) is 1. The van der Waals surface area contributed by atoms with Crippen LogP contribution in [0, 0.1) is 21.4 Å². The minimum absolute atomic E-state index is 0.0856. The number of nitro benzene ring substituents is 1. The molecule has 3 rings (SSSR count). The fourth-order valence-corrected chi connectivity index (χ4v) is 4.59. The summed E-state index contributed by atoms with van der Waals surface area (Å²) in [4.78, 5) is 36.8. The Bertz CT molecular complexity index is 1090. The summed E-state index contributed by atoms with van der Waals surface area (Å²) in [6.07, 6.45) is 4.60. The number of benzene rings is 1. The molecule has 31 heavy (non-hydrogen) atoms. The highest BCUT2D eigenvalue weighted by atomic mass is 32.1. The summed E-state index contributed by atoms with van der Waals surface area (Å²) in [6, 6.07) is 7.36. The summed E-state index contributed by atoms with van der Waals surface area (Å²) in [6.45, 7) is 3.52. The zero-order valence-electron chi connectivity index (χ0n) is 17.1. The first-order chi connectivity index (χ1) is 14.8. The first kappa shape index (κ1) is 22.2. The van der Waals surface area contributed by atoms with Crippen molar-refractivity contribution in [1.29, 1.82) is 5.26 Å². The third-order valence-corrected chi connectivity index (χ3v) is 5.93. The Kier molecular flexibility index (Phi) is 6.82. The second-order valence-electron chi connectivity index (χ2n) is 7.34. The number of nitrogens with one attached hydrogen (secondary N) is 1. The van der Waals surface area contributed by atoms with Crippen molar-refractivity contribution in [1.82, 2.24) is 0 Å². The predicted octanol–water partition coefficient (Wildman–Crippen LogP) is 4.65. The van der Waals surface area contributed by atoms with Crippen molar-refractivity contribution < 1.29 is 19.2 Å². The standard InChI is InChI=1S/C22H21N3O5S/c1-13(2)30-22(27)19-17-5-3-4-6-18(17)31-21(19)24-20(26)15(12-23)11-14-7-9-16(10-8-14)25(28)29/h7-11,13H,3-6H2,1-2H3,(H,24,26)/b15-11+. The van der Waals surface area contributed by atoms with Gasteiger partial charge in [0.2, 0.25) is 0 Å². The zero-order valence-corrected chi connectivity index (χ0v) is 18.0. The highest BCUT2D eigenvalue weighted by Gasteiger charge is 2.28. The molecule has 1 amide bonds. The number of ether oxygens (including phenoxy) is 1. The number of nitro groups is 1. The van der Waals surface area contributed by atoms with Crippen LogP contribution in [0.1, 0.15) is 53.1 Å². The third-order valence-electron chi connectivity index (χ3n) is 4.73. The number of carbonyl (C=O) groups is 2. The SMILES string of the molecule is CC(C)OC(=O)c1c(NC(=O)/C(C#N)=C/c2ccc([N+](=O)[O-])cc2)sc2c1CCCC2. The van der Waals surface area contributed by atoms with Gasteiger partial charge >= 0.3 is 5.97 Å². The van der Waals surface area contributed by atoms with E-state index in [0.717, 1.165) is 36.1 Å². The number of nitriles is 1. The average Bonchev–Trinajstić information content (AvgIpc) is 3.09. The van der Waals surface area contributed by atoms with Gasteiger partial charge < -0.3 is 10.1 Å². The summed E-state index contributed by atoms with van der Waals surface area (Å²) in [5.74, 6) is -1.14. The van der Waals surface area contributed by atoms with Gasteiger partial charge in [0.1, 0.15) is 16.6 Å². The molecule has 1 aromatic heterocycles. The molecule has 160 valence electrons. The van der Waals surface area contributed by atoms with Crippen molar-refractivity contribution in [3.63, 3.8) is 0 Å². The van der Waals surface area contributed by atoms with E-state index in [1.165, 1.54) is 41.7 Å². The monoisotopic (exact) mass is 439 g/mol. The number of amides is 1. The number of rotatable bonds is 6. The molecule has 0 unspecified atom stereocenters. The van der Waals surface area contributed by atoms with Gasteiger partial charge in [-0.1, -0.05) is 0 Å². The molecule has 1 aliphatic rings. The summed E-state index contributed by atoms with van der Waals surface area (Å²) in [7, 11) is 0. The minimum Gasteiger partial charge on any atom is -0.459 e. The van der Waals surface area contributed by atoms with Gasteiger partial charge in [0, 0.05) is 17.0 Å². The normalized spacial score (nSPS) is 13.3. The van der Waals surface area contributed by atoms with Gasteiger partial charge in [-0.3, -0.25) is 14.9 Å². The van der Waals surface area contributed by atoms with Crippen LogP contribution in [0.4, 0.5) is 10.7 Å². The molecule has 1 aromatic carbocycles. The van der Waals surface area contributed by atoms with Crippen LogP contribution in [-0.4, -0.2) is 22.9 Å². The van der Waals surface area contributed by atoms with Crippen LogP contribution >= 0.6 is 11.3 Å². The summed E-state index contributed by atoms with van der Waals surface area (Å²) in [5.41, 5.74) is 1.49. The van der Waals surface area contributed by atoms with Crippen molar-refractivity contribution >= 4 is 40.0 Å². The van der Waals surface area contributed by atoms with Gasteiger partial charge in [-0.15, -0.1) is 11.3 Å². The molecule has 0 saturated carbocycles. The molecular formula is C22H21N3O5S. The maximum atomic E-state index is 12.8. The lowest BCUT2D eigenvalue weighted by atomic mass is 9.95. The first-order valence-electron chi connectivity index (χ1n) is 9.83. The highest BCUT2D eigenvalue weighted by molar-refractivity contribution is 7.17. The van der Waals surface area contributed by atoms with Crippen molar-refractivity contribution in [2.75, 3.05) is 5.32 Å². The van der Waals surface area contributed by atoms with Crippen LogP contribution in [-0.2, 0) is 22.4 Å². The van der Waals surface area contributed by atoms with Gasteiger partial charge in [-0.25, -0.2) is 4.79 Å². The molecule has 0 saturated heterocycles. The Morgan fingerprint density at radius 3 is 2.55 bits per heavy atom. The number of fused-ring (bicyclic) bond motifs is 1. The first-order valence-corrected chi connectivity index (χ1v) is 10.6. The molecule has 0 fully saturated rings. The van der Waals surface area contributed by atoms with E-state index < -0.39 is 16.8 Å². The van der Waals surface area contributed by atoms with Gasteiger partial charge in [0.05, 0.1) is 16.6 Å². The number of nitrogens with zero attached hydrogens (tertiary/aromatic N) is 2. The number of anilines is 1. The molecule has 0 spiro atoms. The number of esters is 1. The molecule has 0 atom stereocenters. The van der Waals surface area contributed by atoms with E-state index in [0.29, 0.717) is 16.1 Å². The van der Waals surface area contributed by atoms with Gasteiger partial charge in [-0.05, 0) is 68.9 Å². The predicted molar refractivity (Wildman–Crippen MR) is 117 cm³/mol. The van der Waals surface area contributed by atoms with Crippen LogP contribution in [0.5, 0.6) is 0 Å². The van der Waals surface area contributed by atoms with Crippen LogP contribution in [0.25, 0.3) is 6.08 Å². The Morgan fingerprint density at radius 1 is 1.26 bits per heavy atom. The van der Waals surface area contributed by atoms with E-state index in [2.05, 4.69) is 5.32 Å². The second-order valence-corrected chi connectivity index (χ2v) is 8.45. The lowest BCUT2D eigenvalue weighted by molar-refractivity contribution is -0.384. The Labute approximate surface area is 183 Å². The number of carbonyl (C=O) groups excluding carboxylic acids is 2. The summed E-state index contributed by atoms with van der Waals surface area (Å²) in [5, 5.41) is 23.3. The summed E-state index contributed by atoms with van der Waals surface area (Å²) >= 11 is 1.34. The molecule has 8 nitrogen and oxygen atoms in total. The largest absolute Gasteiger partial charge is 0.459 e. The Morgan fingerprint density at radius 2 is 1.94 bits per heavy atom. The number of thiophene rings is 1. The van der Waals surface area contributed by atoms with Crippen LogP contribution in [0.3, 0.4) is 0 Å². The molecule has 1 N–H and O–H groups in total. The van der Waals surface area contributed by atoms with E-state index in [1.54, 1.807) is 13.8 Å². The maximum Gasteiger partial charge on any atom is 0.341 e. The minimum atomic E-state index is -0.655. The van der Waals surface area contributed by atoms with Gasteiger partial charge in [0.15, 0.2) is 0 Å². The van der Waals surface area contributed by atoms with Crippen LogP contribution in [0.15, 0.2) is 29.8 Å².